The molecule has 0 heterocycles. The minimum Gasteiger partial charge on any atom is -0.462 e. The molecule has 17 heavy (non-hydrogen) atoms. The van der Waals surface area contributed by atoms with Crippen molar-refractivity contribution in [1.29, 1.82) is 0 Å². The van der Waals surface area contributed by atoms with Crippen molar-refractivity contribution in [3.63, 3.8) is 0 Å². The Hall–Kier alpha value is -0.500. The van der Waals surface area contributed by atoms with Gasteiger partial charge in [-0.3, -0.25) is 0 Å². The monoisotopic (exact) mass is 260 g/mol. The first kappa shape index (κ1) is 16.5. The lowest BCUT2D eigenvalue weighted by Gasteiger charge is -2.01. The maximum atomic E-state index is 11.2. The van der Waals surface area contributed by atoms with Gasteiger partial charge in [0.15, 0.2) is 0 Å². The van der Waals surface area contributed by atoms with Crippen LogP contribution in [0.4, 0.5) is 0 Å². The molecule has 0 aromatic carbocycles. The molecule has 3 heteroatoms. The van der Waals surface area contributed by atoms with E-state index < -0.39 is 5.97 Å². The quantitative estimate of drug-likeness (QED) is 0.320. The van der Waals surface area contributed by atoms with Crippen molar-refractivity contribution < 1.29 is 9.53 Å². The van der Waals surface area contributed by atoms with Crippen LogP contribution in [0.25, 0.3) is 0 Å². The van der Waals surface area contributed by atoms with Crippen LogP contribution >= 0.6 is 11.6 Å². The number of hydrogen-bond acceptors (Lipinski definition) is 2. The minimum absolute atomic E-state index is 0.220. The average molecular weight is 261 g/mol. The summed E-state index contributed by atoms with van der Waals surface area (Å²) in [7, 11) is 0. The summed E-state index contributed by atoms with van der Waals surface area (Å²) in [4.78, 5) is 11.2. The number of unbranched alkanes of at least 4 members (excludes halogenated alkanes) is 7. The lowest BCUT2D eigenvalue weighted by Crippen LogP contribution is -2.03. The number of hydrogen-bond donors (Lipinski definition) is 0. The highest BCUT2D eigenvalue weighted by molar-refractivity contribution is 6.41. The van der Waals surface area contributed by atoms with Gasteiger partial charge in [-0.2, -0.15) is 0 Å². The van der Waals surface area contributed by atoms with Gasteiger partial charge in [0.25, 0.3) is 0 Å². The first-order valence-corrected chi connectivity index (χ1v) is 7.13. The second kappa shape index (κ2) is 12.0. The van der Waals surface area contributed by atoms with Gasteiger partial charge in [-0.05, 0) is 19.8 Å². The molecule has 0 aliphatic carbocycles. The fourth-order valence-electron chi connectivity index (χ4n) is 1.61. The molecule has 0 unspecified atom stereocenters. The van der Waals surface area contributed by atoms with Crippen LogP contribution in [0.1, 0.15) is 65.2 Å². The van der Waals surface area contributed by atoms with Crippen molar-refractivity contribution in [3.8, 4) is 0 Å². The van der Waals surface area contributed by atoms with Crippen molar-refractivity contribution in [2.75, 3.05) is 6.61 Å². The SMILES string of the molecule is CCCCCCCCC/C=C(\Cl)C(=O)OCC. The number of halogens is 1. The van der Waals surface area contributed by atoms with Crippen LogP contribution in [0.5, 0.6) is 0 Å². The van der Waals surface area contributed by atoms with Crippen molar-refractivity contribution >= 4 is 17.6 Å². The fourth-order valence-corrected chi connectivity index (χ4v) is 1.78. The zero-order valence-corrected chi connectivity index (χ0v) is 11.9. The van der Waals surface area contributed by atoms with E-state index in [0.717, 1.165) is 12.8 Å². The summed E-state index contributed by atoms with van der Waals surface area (Å²) in [6.45, 7) is 4.38. The molecular formula is C14H25ClO2. The Morgan fingerprint density at radius 3 is 2.24 bits per heavy atom. The second-order valence-electron chi connectivity index (χ2n) is 4.18. The van der Waals surface area contributed by atoms with Crippen LogP contribution < -0.4 is 0 Å². The van der Waals surface area contributed by atoms with E-state index in [-0.39, 0.29) is 5.03 Å². The van der Waals surface area contributed by atoms with Gasteiger partial charge in [-0.25, -0.2) is 4.79 Å². The average Bonchev–Trinajstić information content (AvgIpc) is 2.32. The number of esters is 1. The largest absolute Gasteiger partial charge is 0.462 e. The molecule has 0 spiro atoms. The fraction of sp³-hybridized carbons (Fsp3) is 0.786. The highest BCUT2D eigenvalue weighted by Crippen LogP contribution is 2.11. The summed E-state index contributed by atoms with van der Waals surface area (Å²) < 4.78 is 4.79. The third-order valence-corrected chi connectivity index (χ3v) is 2.91. The smallest absolute Gasteiger partial charge is 0.349 e. The molecule has 0 atom stereocenters. The van der Waals surface area contributed by atoms with Crippen molar-refractivity contribution in [2.45, 2.75) is 65.2 Å². The van der Waals surface area contributed by atoms with E-state index in [1.54, 1.807) is 13.0 Å². The van der Waals surface area contributed by atoms with Gasteiger partial charge in [-0.15, -0.1) is 0 Å². The van der Waals surface area contributed by atoms with Crippen LogP contribution in [0.15, 0.2) is 11.1 Å². The first-order valence-electron chi connectivity index (χ1n) is 6.75. The predicted molar refractivity (Wildman–Crippen MR) is 73.2 cm³/mol. The van der Waals surface area contributed by atoms with Gasteiger partial charge in [0.1, 0.15) is 5.03 Å². The van der Waals surface area contributed by atoms with Crippen LogP contribution in [-0.2, 0) is 9.53 Å². The summed E-state index contributed by atoms with van der Waals surface area (Å²) >= 11 is 5.78. The van der Waals surface area contributed by atoms with E-state index >= 15 is 0 Å². The Morgan fingerprint density at radius 2 is 1.65 bits per heavy atom. The van der Waals surface area contributed by atoms with E-state index in [1.807, 2.05) is 0 Å². The minimum atomic E-state index is -0.405. The summed E-state index contributed by atoms with van der Waals surface area (Å²) in [5.74, 6) is -0.405. The zero-order chi connectivity index (χ0) is 12.9. The Kier molecular flexibility index (Phi) is 11.6. The van der Waals surface area contributed by atoms with Gasteiger partial charge < -0.3 is 4.74 Å². The third kappa shape index (κ3) is 10.4. The second-order valence-corrected chi connectivity index (χ2v) is 4.59. The molecule has 0 aromatic heterocycles. The van der Waals surface area contributed by atoms with Crippen molar-refractivity contribution in [2.24, 2.45) is 0 Å². The Balaban J connectivity index is 3.42. The normalized spacial score (nSPS) is 11.6. The lowest BCUT2D eigenvalue weighted by atomic mass is 10.1. The molecule has 0 aliphatic heterocycles. The standard InChI is InChI=1S/C14H25ClO2/c1-3-5-6-7-8-9-10-11-12-13(15)14(16)17-4-2/h12H,3-11H2,1-2H3/b13-12-. The van der Waals surface area contributed by atoms with Gasteiger partial charge >= 0.3 is 5.97 Å². The number of carbonyl (C=O) groups is 1. The van der Waals surface area contributed by atoms with Crippen LogP contribution in [0, 0.1) is 0 Å². The summed E-state index contributed by atoms with van der Waals surface area (Å²) in [6, 6.07) is 0. The molecule has 0 rings (SSSR count). The van der Waals surface area contributed by atoms with Gasteiger partial charge in [0.2, 0.25) is 0 Å². The maximum absolute atomic E-state index is 11.2. The molecule has 100 valence electrons. The first-order chi connectivity index (χ1) is 8.22. The Labute approximate surface area is 110 Å². The van der Waals surface area contributed by atoms with E-state index in [2.05, 4.69) is 6.92 Å². The maximum Gasteiger partial charge on any atom is 0.349 e. The van der Waals surface area contributed by atoms with Crippen LogP contribution in [0.2, 0.25) is 0 Å². The summed E-state index contributed by atoms with van der Waals surface area (Å²) in [6.07, 6.45) is 11.5. The molecule has 0 N–H and O–H groups in total. The molecule has 0 aliphatic rings. The molecule has 2 nitrogen and oxygen atoms in total. The number of allylic oxidation sites excluding steroid dienone is 1. The number of ether oxygens (including phenoxy) is 1. The highest BCUT2D eigenvalue weighted by Gasteiger charge is 2.05. The summed E-state index contributed by atoms with van der Waals surface area (Å²) in [5, 5.41) is 0.220. The molecule has 0 radical (unpaired) electrons. The molecule has 0 saturated heterocycles. The molecule has 0 amide bonds. The molecular weight excluding hydrogens is 236 g/mol. The summed E-state index contributed by atoms with van der Waals surface area (Å²) in [5.41, 5.74) is 0. The topological polar surface area (TPSA) is 26.3 Å². The lowest BCUT2D eigenvalue weighted by molar-refractivity contribution is -0.137. The molecule has 0 bridgehead atoms. The van der Waals surface area contributed by atoms with E-state index in [0.29, 0.717) is 6.61 Å². The van der Waals surface area contributed by atoms with Crippen molar-refractivity contribution in [1.82, 2.24) is 0 Å². The van der Waals surface area contributed by atoms with Gasteiger partial charge in [0, 0.05) is 0 Å². The predicted octanol–water partition coefficient (Wildman–Crippen LogP) is 4.81. The van der Waals surface area contributed by atoms with Crippen molar-refractivity contribution in [3.05, 3.63) is 11.1 Å². The number of rotatable bonds is 10. The van der Waals surface area contributed by atoms with E-state index in [9.17, 15) is 4.79 Å². The molecule has 0 aromatic rings. The number of carbonyl (C=O) groups excluding carboxylic acids is 1. The van der Waals surface area contributed by atoms with Crippen LogP contribution in [0.3, 0.4) is 0 Å². The van der Waals surface area contributed by atoms with Crippen LogP contribution in [-0.4, -0.2) is 12.6 Å². The van der Waals surface area contributed by atoms with E-state index in [4.69, 9.17) is 16.3 Å². The molecule has 0 saturated carbocycles. The highest BCUT2D eigenvalue weighted by atomic mass is 35.5. The zero-order valence-electron chi connectivity index (χ0n) is 11.1. The van der Waals surface area contributed by atoms with Gasteiger partial charge in [-0.1, -0.05) is 63.1 Å². The van der Waals surface area contributed by atoms with Gasteiger partial charge in [0.05, 0.1) is 6.61 Å². The third-order valence-electron chi connectivity index (χ3n) is 2.60. The Morgan fingerprint density at radius 1 is 1.06 bits per heavy atom. The Bertz CT molecular complexity index is 224. The molecule has 0 fully saturated rings. The van der Waals surface area contributed by atoms with E-state index in [1.165, 1.54) is 38.5 Å².